The van der Waals surface area contributed by atoms with E-state index in [1.54, 1.807) is 13.1 Å². The molecule has 206 valence electrons. The predicted octanol–water partition coefficient (Wildman–Crippen LogP) is -3.16. The molecule has 14 heteroatoms. The molecule has 2 amide bonds. The van der Waals surface area contributed by atoms with Crippen molar-refractivity contribution in [2.45, 2.75) is 64.5 Å². The van der Waals surface area contributed by atoms with E-state index in [9.17, 15) is 39.6 Å². The van der Waals surface area contributed by atoms with E-state index in [-0.39, 0.29) is 25.4 Å². The molecule has 2 rings (SSSR count). The Labute approximate surface area is 213 Å². The van der Waals surface area contributed by atoms with Gasteiger partial charge in [0.25, 0.3) is 5.91 Å². The molecule has 37 heavy (non-hydrogen) atoms. The minimum Gasteiger partial charge on any atom is -0.396 e. The van der Waals surface area contributed by atoms with Gasteiger partial charge in [0.15, 0.2) is 12.4 Å². The Morgan fingerprint density at radius 2 is 1.84 bits per heavy atom. The van der Waals surface area contributed by atoms with Crippen molar-refractivity contribution < 1.29 is 39.5 Å². The van der Waals surface area contributed by atoms with Crippen LogP contribution in [-0.4, -0.2) is 98.4 Å². The van der Waals surface area contributed by atoms with Crippen LogP contribution in [-0.2, 0) is 25.8 Å². The number of carbonyl (C=O) groups excluding carboxylic acids is 3. The van der Waals surface area contributed by atoms with Gasteiger partial charge in [-0.3, -0.25) is 19.0 Å². The first-order chi connectivity index (χ1) is 17.4. The van der Waals surface area contributed by atoms with Gasteiger partial charge in [-0.05, 0) is 39.5 Å². The maximum absolute atomic E-state index is 12.9. The molecule has 1 saturated heterocycles. The zero-order valence-corrected chi connectivity index (χ0v) is 21.2. The van der Waals surface area contributed by atoms with Crippen molar-refractivity contribution in [3.05, 3.63) is 34.0 Å². The summed E-state index contributed by atoms with van der Waals surface area (Å²) in [6.45, 7) is 4.52. The molecule has 1 aliphatic rings. The Kier molecular flexibility index (Phi) is 11.0. The minimum absolute atomic E-state index is 0.0298. The van der Waals surface area contributed by atoms with Gasteiger partial charge < -0.3 is 41.1 Å². The number of rotatable bonds is 11. The van der Waals surface area contributed by atoms with E-state index in [1.807, 2.05) is 20.8 Å². The number of hydrogen-bond donors (Lipinski definition) is 7. The molecule has 0 bridgehead atoms. The highest BCUT2D eigenvalue weighted by Gasteiger charge is 2.48. The van der Waals surface area contributed by atoms with Crippen molar-refractivity contribution in [3.8, 4) is 0 Å². The number of nitrogens with zero attached hydrogens (tertiary/aromatic N) is 2. The topological polar surface area (TPSA) is 212 Å². The maximum Gasteiger partial charge on any atom is 0.349 e. The molecule has 0 spiro atoms. The number of Topliss-reactive ketones (excluding diaryl/α,β-unsaturated/α-hetero) is 1. The number of hydrogen-bond acceptors (Lipinski definition) is 11. The molecule has 1 fully saturated rings. The number of nitrogens with one attached hydrogen (secondary N) is 3. The zero-order valence-electron chi connectivity index (χ0n) is 21.2. The summed E-state index contributed by atoms with van der Waals surface area (Å²) in [6.07, 6.45) is -6.19. The van der Waals surface area contributed by atoms with Crippen LogP contribution in [0.15, 0.2) is 22.6 Å². The standard InChI is InChI=1S/C23H35N5O9/c1-11(2)12(3)15-5-6-28(23(36)26-15)10-25-21(34)19-16(17(31)18(32)22(35)37-19)27-20(33)13(9-29)7-14(30)8-24-4/h5-6,13,16-19,22,24,29,31-32,35H,7-10H2,1-4H3,(H,25,34)(H,27,33)/t13?,16-,17-,18+,19-,22+/m0/s1. The molecule has 1 aromatic rings. The Morgan fingerprint density at radius 3 is 2.41 bits per heavy atom. The molecule has 1 aromatic heterocycles. The molecular formula is C23H35N5O9. The van der Waals surface area contributed by atoms with Crippen LogP contribution in [0.2, 0.25) is 0 Å². The van der Waals surface area contributed by atoms with Gasteiger partial charge in [-0.2, -0.15) is 4.98 Å². The zero-order chi connectivity index (χ0) is 27.9. The summed E-state index contributed by atoms with van der Waals surface area (Å²) in [6, 6.07) is 0.0569. The molecule has 14 nitrogen and oxygen atoms in total. The lowest BCUT2D eigenvalue weighted by Crippen LogP contribution is -2.67. The number of aliphatic hydroxyl groups excluding tert-OH is 4. The number of ether oxygens (including phenoxy) is 1. The molecule has 6 atom stereocenters. The summed E-state index contributed by atoms with van der Waals surface area (Å²) in [4.78, 5) is 53.8. The second-order valence-corrected chi connectivity index (χ2v) is 9.00. The minimum atomic E-state index is -1.94. The first kappa shape index (κ1) is 30.2. The lowest BCUT2D eigenvalue weighted by atomic mass is 9.93. The highest BCUT2D eigenvalue weighted by molar-refractivity contribution is 5.89. The van der Waals surface area contributed by atoms with Gasteiger partial charge in [0.2, 0.25) is 5.91 Å². The number of aromatic nitrogens is 2. The van der Waals surface area contributed by atoms with Crippen molar-refractivity contribution >= 4 is 23.2 Å². The van der Waals surface area contributed by atoms with Crippen molar-refractivity contribution in [2.24, 2.45) is 5.92 Å². The summed E-state index contributed by atoms with van der Waals surface area (Å²) in [7, 11) is 1.54. The van der Waals surface area contributed by atoms with Gasteiger partial charge in [0.1, 0.15) is 18.0 Å². The van der Waals surface area contributed by atoms with Gasteiger partial charge >= 0.3 is 5.69 Å². The molecule has 0 aromatic carbocycles. The average Bonchev–Trinajstić information content (AvgIpc) is 2.85. The fourth-order valence-electron chi connectivity index (χ4n) is 3.61. The summed E-state index contributed by atoms with van der Waals surface area (Å²) in [5, 5.41) is 47.3. The van der Waals surface area contributed by atoms with E-state index in [1.165, 1.54) is 6.20 Å². The van der Waals surface area contributed by atoms with Crippen LogP contribution >= 0.6 is 0 Å². The third kappa shape index (κ3) is 7.74. The van der Waals surface area contributed by atoms with E-state index in [0.717, 1.165) is 15.7 Å². The van der Waals surface area contributed by atoms with E-state index in [0.29, 0.717) is 5.69 Å². The van der Waals surface area contributed by atoms with E-state index in [4.69, 9.17) is 4.74 Å². The van der Waals surface area contributed by atoms with Crippen LogP contribution in [0, 0.1) is 5.92 Å². The predicted molar refractivity (Wildman–Crippen MR) is 130 cm³/mol. The number of ketones is 1. The molecule has 1 aliphatic heterocycles. The van der Waals surface area contributed by atoms with Crippen LogP contribution in [0.5, 0.6) is 0 Å². The van der Waals surface area contributed by atoms with E-state index >= 15 is 0 Å². The number of amides is 2. The molecule has 0 aliphatic carbocycles. The Morgan fingerprint density at radius 1 is 1.16 bits per heavy atom. The van der Waals surface area contributed by atoms with Crippen LogP contribution in [0.4, 0.5) is 0 Å². The molecule has 0 saturated carbocycles. The van der Waals surface area contributed by atoms with Crippen molar-refractivity contribution in [1.82, 2.24) is 25.5 Å². The van der Waals surface area contributed by atoms with Crippen LogP contribution in [0.1, 0.15) is 32.9 Å². The van der Waals surface area contributed by atoms with Crippen LogP contribution in [0.3, 0.4) is 0 Å². The summed E-state index contributed by atoms with van der Waals surface area (Å²) < 4.78 is 6.25. The van der Waals surface area contributed by atoms with Gasteiger partial charge in [0.05, 0.1) is 37.5 Å². The average molecular weight is 526 g/mol. The molecule has 1 unspecified atom stereocenters. The largest absolute Gasteiger partial charge is 0.396 e. The monoisotopic (exact) mass is 525 g/mol. The Bertz CT molecular complexity index is 1070. The first-order valence-corrected chi connectivity index (χ1v) is 11.7. The van der Waals surface area contributed by atoms with Gasteiger partial charge in [-0.15, -0.1) is 0 Å². The fourth-order valence-corrected chi connectivity index (χ4v) is 3.61. The van der Waals surface area contributed by atoms with Crippen molar-refractivity contribution in [1.29, 1.82) is 0 Å². The smallest absolute Gasteiger partial charge is 0.349 e. The number of allylic oxidation sites excluding steroid dienone is 2. The quantitative estimate of drug-likeness (QED) is 0.153. The first-order valence-electron chi connectivity index (χ1n) is 11.7. The Hall–Kier alpha value is -3.01. The lowest BCUT2D eigenvalue weighted by Gasteiger charge is -2.40. The van der Waals surface area contributed by atoms with Crippen LogP contribution < -0.4 is 21.6 Å². The van der Waals surface area contributed by atoms with Crippen LogP contribution in [0.25, 0.3) is 5.57 Å². The third-order valence-electron chi connectivity index (χ3n) is 6.06. The number of aliphatic hydroxyl groups is 4. The lowest BCUT2D eigenvalue weighted by molar-refractivity contribution is -0.253. The van der Waals surface area contributed by atoms with Crippen molar-refractivity contribution in [2.75, 3.05) is 20.2 Å². The third-order valence-corrected chi connectivity index (χ3v) is 6.06. The maximum atomic E-state index is 12.9. The SMILES string of the molecule is CNCC(=O)CC(CO)C(=O)N[C@H]1[C@H](O)[C@@H](O)[C@H](O)O[C@@H]1C(=O)NCn1ccc(C(C)=C(C)C)nc1=O. The molecule has 0 radical (unpaired) electrons. The number of likely N-dealkylation sites (N-methyl/N-ethyl adjacent to an activating group) is 1. The van der Waals surface area contributed by atoms with E-state index < -0.39 is 60.7 Å². The molecule has 7 N–H and O–H groups in total. The van der Waals surface area contributed by atoms with Gasteiger partial charge in [-0.1, -0.05) is 5.57 Å². The fraction of sp³-hybridized carbons (Fsp3) is 0.609. The molecule has 2 heterocycles. The highest BCUT2D eigenvalue weighted by atomic mass is 16.6. The Balaban J connectivity index is 2.17. The second kappa shape index (κ2) is 13.5. The summed E-state index contributed by atoms with van der Waals surface area (Å²) in [5.74, 6) is -3.33. The molecular weight excluding hydrogens is 490 g/mol. The van der Waals surface area contributed by atoms with Gasteiger partial charge in [0, 0.05) is 12.6 Å². The van der Waals surface area contributed by atoms with Crippen molar-refractivity contribution in [3.63, 3.8) is 0 Å². The number of carbonyl (C=O) groups is 3. The summed E-state index contributed by atoms with van der Waals surface area (Å²) >= 11 is 0. The van der Waals surface area contributed by atoms with Gasteiger partial charge in [-0.25, -0.2) is 4.79 Å². The second-order valence-electron chi connectivity index (χ2n) is 9.00. The van der Waals surface area contributed by atoms with E-state index in [2.05, 4.69) is 20.9 Å². The normalized spacial score (nSPS) is 24.2. The highest BCUT2D eigenvalue weighted by Crippen LogP contribution is 2.21. The summed E-state index contributed by atoms with van der Waals surface area (Å²) in [5.41, 5.74) is 1.66.